The Morgan fingerprint density at radius 3 is 2.33 bits per heavy atom. The molecule has 0 aromatic heterocycles. The first-order chi connectivity index (χ1) is 8.41. The van der Waals surface area contributed by atoms with Gasteiger partial charge in [0.15, 0.2) is 0 Å². The molecule has 4 nitrogen and oxygen atoms in total. The molecule has 0 saturated carbocycles. The van der Waals surface area contributed by atoms with Gasteiger partial charge in [-0.2, -0.15) is 4.31 Å². The van der Waals surface area contributed by atoms with E-state index >= 15 is 0 Å². The van der Waals surface area contributed by atoms with Gasteiger partial charge >= 0.3 is 0 Å². The van der Waals surface area contributed by atoms with Crippen LogP contribution in [0.15, 0.2) is 23.1 Å². The summed E-state index contributed by atoms with van der Waals surface area (Å²) in [5.41, 5.74) is 0.352. The number of hydrogen-bond acceptors (Lipinski definition) is 3. The molecular weight excluding hydrogens is 255 g/mol. The number of sulfonamides is 1. The number of aryl methyl sites for hydroxylation is 1. The average Bonchev–Trinajstić information content (AvgIpc) is 2.33. The maximum absolute atomic E-state index is 13.2. The summed E-state index contributed by atoms with van der Waals surface area (Å²) < 4.78 is 39.3. The fourth-order valence-corrected chi connectivity index (χ4v) is 3.46. The maximum atomic E-state index is 13.2. The topological polar surface area (TPSA) is 40.6 Å². The highest BCUT2D eigenvalue weighted by Crippen LogP contribution is 2.19. The van der Waals surface area contributed by atoms with Gasteiger partial charge in [0.1, 0.15) is 5.82 Å². The number of halogens is 1. The lowest BCUT2D eigenvalue weighted by Crippen LogP contribution is -2.47. The molecule has 1 aromatic carbocycles. The van der Waals surface area contributed by atoms with Gasteiger partial charge < -0.3 is 4.90 Å². The van der Waals surface area contributed by atoms with E-state index in [0.717, 1.165) is 13.1 Å². The molecule has 1 fully saturated rings. The SMILES string of the molecule is Cc1cc(S(=O)(=O)N2CCN(C)CC2)ccc1F. The molecule has 18 heavy (non-hydrogen) atoms. The van der Waals surface area contributed by atoms with Crippen LogP contribution in [0.2, 0.25) is 0 Å². The second-order valence-corrected chi connectivity index (χ2v) is 6.56. The predicted octanol–water partition coefficient (Wildman–Crippen LogP) is 1.07. The highest BCUT2D eigenvalue weighted by molar-refractivity contribution is 7.89. The Kier molecular flexibility index (Phi) is 3.70. The van der Waals surface area contributed by atoms with Crippen molar-refractivity contribution in [2.24, 2.45) is 0 Å². The molecule has 0 N–H and O–H groups in total. The predicted molar refractivity (Wildman–Crippen MR) is 67.4 cm³/mol. The number of benzene rings is 1. The van der Waals surface area contributed by atoms with Crippen molar-refractivity contribution in [3.05, 3.63) is 29.6 Å². The molecule has 0 aliphatic carbocycles. The Labute approximate surface area is 107 Å². The van der Waals surface area contributed by atoms with Crippen molar-refractivity contribution in [2.45, 2.75) is 11.8 Å². The van der Waals surface area contributed by atoms with E-state index in [4.69, 9.17) is 0 Å². The van der Waals surface area contributed by atoms with Crippen LogP contribution in [0, 0.1) is 12.7 Å². The van der Waals surface area contributed by atoms with Gasteiger partial charge in [0.05, 0.1) is 4.90 Å². The molecular formula is C12H17FN2O2S. The highest BCUT2D eigenvalue weighted by atomic mass is 32.2. The first kappa shape index (κ1) is 13.5. The fraction of sp³-hybridized carbons (Fsp3) is 0.500. The normalized spacial score (nSPS) is 19.1. The Bertz CT molecular complexity index is 537. The van der Waals surface area contributed by atoms with Gasteiger partial charge in [0.2, 0.25) is 10.0 Å². The van der Waals surface area contributed by atoms with Crippen LogP contribution in [0.25, 0.3) is 0 Å². The van der Waals surface area contributed by atoms with Crippen LogP contribution in [0.1, 0.15) is 5.56 Å². The van der Waals surface area contributed by atoms with Crippen LogP contribution in [0.3, 0.4) is 0 Å². The van der Waals surface area contributed by atoms with Crippen LogP contribution in [-0.4, -0.2) is 50.8 Å². The summed E-state index contributed by atoms with van der Waals surface area (Å²) in [6.07, 6.45) is 0. The Morgan fingerprint density at radius 1 is 1.17 bits per heavy atom. The summed E-state index contributed by atoms with van der Waals surface area (Å²) in [6.45, 7) is 3.97. The molecule has 0 amide bonds. The van der Waals surface area contributed by atoms with E-state index in [9.17, 15) is 12.8 Å². The van der Waals surface area contributed by atoms with Crippen molar-refractivity contribution >= 4 is 10.0 Å². The molecule has 0 bridgehead atoms. The smallest absolute Gasteiger partial charge is 0.243 e. The summed E-state index contributed by atoms with van der Waals surface area (Å²) in [5, 5.41) is 0. The third-order valence-corrected chi connectivity index (χ3v) is 5.12. The largest absolute Gasteiger partial charge is 0.304 e. The van der Waals surface area contributed by atoms with Crippen LogP contribution >= 0.6 is 0 Å². The molecule has 100 valence electrons. The molecule has 2 rings (SSSR count). The Balaban J connectivity index is 2.27. The molecule has 0 spiro atoms. The lowest BCUT2D eigenvalue weighted by atomic mass is 10.2. The van der Waals surface area contributed by atoms with Crippen molar-refractivity contribution in [1.29, 1.82) is 0 Å². The van der Waals surface area contributed by atoms with Crippen LogP contribution in [-0.2, 0) is 10.0 Å². The molecule has 1 aliphatic rings. The lowest BCUT2D eigenvalue weighted by Gasteiger charge is -2.31. The van der Waals surface area contributed by atoms with Gasteiger partial charge in [-0.25, -0.2) is 12.8 Å². The molecule has 0 unspecified atom stereocenters. The standard InChI is InChI=1S/C12H17FN2O2S/c1-10-9-11(3-4-12(10)13)18(16,17)15-7-5-14(2)6-8-15/h3-4,9H,5-8H2,1-2H3. The van der Waals surface area contributed by atoms with Crippen molar-refractivity contribution in [3.8, 4) is 0 Å². The number of rotatable bonds is 2. The fourth-order valence-electron chi connectivity index (χ4n) is 1.96. The summed E-state index contributed by atoms with van der Waals surface area (Å²) in [5.74, 6) is -0.382. The first-order valence-electron chi connectivity index (χ1n) is 5.86. The van der Waals surface area contributed by atoms with Crippen molar-refractivity contribution in [3.63, 3.8) is 0 Å². The quantitative estimate of drug-likeness (QED) is 0.808. The summed E-state index contributed by atoms with van der Waals surface area (Å²) in [6, 6.07) is 3.93. The Hall–Kier alpha value is -0.980. The van der Waals surface area contributed by atoms with Crippen LogP contribution in [0.5, 0.6) is 0 Å². The first-order valence-corrected chi connectivity index (χ1v) is 7.30. The third-order valence-electron chi connectivity index (χ3n) is 3.23. The van der Waals surface area contributed by atoms with Crippen molar-refractivity contribution < 1.29 is 12.8 Å². The minimum atomic E-state index is -3.48. The van der Waals surface area contributed by atoms with E-state index in [0.29, 0.717) is 18.7 Å². The lowest BCUT2D eigenvalue weighted by molar-refractivity contribution is 0.222. The van der Waals surface area contributed by atoms with Gasteiger partial charge in [-0.3, -0.25) is 0 Å². The molecule has 1 aliphatic heterocycles. The zero-order valence-corrected chi connectivity index (χ0v) is 11.4. The molecule has 6 heteroatoms. The van der Waals surface area contributed by atoms with Crippen LogP contribution < -0.4 is 0 Å². The highest BCUT2D eigenvalue weighted by Gasteiger charge is 2.27. The maximum Gasteiger partial charge on any atom is 0.243 e. The van der Waals surface area contributed by atoms with Gasteiger partial charge in [-0.15, -0.1) is 0 Å². The van der Waals surface area contributed by atoms with E-state index in [1.54, 1.807) is 6.92 Å². The number of likely N-dealkylation sites (N-methyl/N-ethyl adjacent to an activating group) is 1. The second-order valence-electron chi connectivity index (χ2n) is 4.62. The van der Waals surface area contributed by atoms with E-state index < -0.39 is 10.0 Å². The minimum Gasteiger partial charge on any atom is -0.304 e. The minimum absolute atomic E-state index is 0.172. The van der Waals surface area contributed by atoms with Gasteiger partial charge in [0, 0.05) is 26.2 Å². The number of nitrogens with zero attached hydrogens (tertiary/aromatic N) is 2. The average molecular weight is 272 g/mol. The summed E-state index contributed by atoms with van der Waals surface area (Å²) >= 11 is 0. The van der Waals surface area contributed by atoms with Crippen molar-refractivity contribution in [1.82, 2.24) is 9.21 Å². The number of hydrogen-bond donors (Lipinski definition) is 0. The third kappa shape index (κ3) is 2.55. The number of piperazine rings is 1. The van der Waals surface area contributed by atoms with E-state index in [-0.39, 0.29) is 10.7 Å². The van der Waals surface area contributed by atoms with E-state index in [2.05, 4.69) is 4.90 Å². The van der Waals surface area contributed by atoms with Gasteiger partial charge in [0.25, 0.3) is 0 Å². The van der Waals surface area contributed by atoms with Crippen molar-refractivity contribution in [2.75, 3.05) is 33.2 Å². The molecule has 0 radical (unpaired) electrons. The van der Waals surface area contributed by atoms with E-state index in [1.165, 1.54) is 22.5 Å². The summed E-state index contributed by atoms with van der Waals surface area (Å²) in [4.78, 5) is 2.26. The monoisotopic (exact) mass is 272 g/mol. The summed E-state index contributed by atoms with van der Waals surface area (Å²) in [7, 11) is -1.52. The molecule has 1 heterocycles. The van der Waals surface area contributed by atoms with E-state index in [1.807, 2.05) is 7.05 Å². The van der Waals surface area contributed by atoms with Gasteiger partial charge in [-0.05, 0) is 37.7 Å². The Morgan fingerprint density at radius 2 is 1.78 bits per heavy atom. The van der Waals surface area contributed by atoms with Gasteiger partial charge in [-0.1, -0.05) is 0 Å². The zero-order chi connectivity index (χ0) is 13.3. The molecule has 1 saturated heterocycles. The second kappa shape index (κ2) is 4.95. The molecule has 0 atom stereocenters. The molecule has 1 aromatic rings. The van der Waals surface area contributed by atoms with Crippen LogP contribution in [0.4, 0.5) is 4.39 Å². The zero-order valence-electron chi connectivity index (χ0n) is 10.6.